The molecule has 0 saturated heterocycles. The van der Waals surface area contributed by atoms with Gasteiger partial charge in [-0.3, -0.25) is 4.79 Å². The molecule has 4 heteroatoms. The van der Waals surface area contributed by atoms with Gasteiger partial charge in [-0.05, 0) is 44.0 Å². The highest BCUT2D eigenvalue weighted by Gasteiger charge is 2.28. The molecule has 1 amide bonds. The summed E-state index contributed by atoms with van der Waals surface area (Å²) in [6, 6.07) is 13.9. The molecule has 0 aliphatic carbocycles. The molecular formula is C18H19NO2S. The van der Waals surface area contributed by atoms with Crippen LogP contribution in [0.5, 0.6) is 5.75 Å². The Hall–Kier alpha value is -1.94. The third kappa shape index (κ3) is 3.12. The van der Waals surface area contributed by atoms with Crippen LogP contribution in [0, 0.1) is 6.92 Å². The van der Waals surface area contributed by atoms with E-state index < -0.39 is 0 Å². The molecule has 0 bridgehead atoms. The highest BCUT2D eigenvalue weighted by molar-refractivity contribution is 8.01. The maximum Gasteiger partial charge on any atom is 0.238 e. The monoisotopic (exact) mass is 313 g/mol. The molecule has 3 rings (SSSR count). The quantitative estimate of drug-likeness (QED) is 0.925. The second kappa shape index (κ2) is 6.44. The van der Waals surface area contributed by atoms with Gasteiger partial charge >= 0.3 is 0 Å². The molecule has 0 saturated carbocycles. The molecule has 114 valence electrons. The second-order valence-electron chi connectivity index (χ2n) is 5.34. The maximum atomic E-state index is 12.5. The summed E-state index contributed by atoms with van der Waals surface area (Å²) >= 11 is 1.64. The minimum absolute atomic E-state index is 0.0333. The van der Waals surface area contributed by atoms with E-state index in [0.717, 1.165) is 17.9 Å². The summed E-state index contributed by atoms with van der Waals surface area (Å²) in [4.78, 5) is 13.8. The van der Waals surface area contributed by atoms with E-state index in [2.05, 4.69) is 30.4 Å². The van der Waals surface area contributed by atoms with Gasteiger partial charge in [0.15, 0.2) is 0 Å². The molecule has 2 aromatic rings. The number of benzene rings is 2. The first-order chi connectivity index (χ1) is 10.7. The topological polar surface area (TPSA) is 38.3 Å². The Balaban J connectivity index is 1.72. The van der Waals surface area contributed by atoms with Crippen molar-refractivity contribution in [2.75, 3.05) is 11.9 Å². The van der Waals surface area contributed by atoms with Gasteiger partial charge in [0, 0.05) is 4.90 Å². The van der Waals surface area contributed by atoms with Crippen LogP contribution in [0.3, 0.4) is 0 Å². The summed E-state index contributed by atoms with van der Waals surface area (Å²) < 4.78 is 5.56. The fourth-order valence-corrected chi connectivity index (χ4v) is 3.84. The van der Waals surface area contributed by atoms with Crippen LogP contribution in [-0.4, -0.2) is 17.8 Å². The number of para-hydroxylation sites is 2. The zero-order valence-electron chi connectivity index (χ0n) is 12.8. The van der Waals surface area contributed by atoms with Crippen molar-refractivity contribution in [1.82, 2.24) is 0 Å². The molecule has 0 aromatic heterocycles. The Labute approximate surface area is 135 Å². The summed E-state index contributed by atoms with van der Waals surface area (Å²) in [5.74, 6) is 0.751. The average Bonchev–Trinajstić information content (AvgIpc) is 2.92. The number of ether oxygens (including phenoxy) is 1. The smallest absolute Gasteiger partial charge is 0.238 e. The highest BCUT2D eigenvalue weighted by atomic mass is 32.2. The summed E-state index contributed by atoms with van der Waals surface area (Å²) in [6.07, 6.45) is 0.781. The molecule has 1 heterocycles. The van der Waals surface area contributed by atoms with Gasteiger partial charge in [-0.25, -0.2) is 0 Å². The summed E-state index contributed by atoms with van der Waals surface area (Å²) in [5, 5.41) is 2.92. The van der Waals surface area contributed by atoms with Crippen molar-refractivity contribution in [3.8, 4) is 5.75 Å². The van der Waals surface area contributed by atoms with Crippen LogP contribution in [0.4, 0.5) is 5.69 Å². The van der Waals surface area contributed by atoms with Crippen molar-refractivity contribution >= 4 is 23.4 Å². The van der Waals surface area contributed by atoms with Crippen LogP contribution in [0.25, 0.3) is 0 Å². The number of anilines is 1. The number of carbonyl (C=O) groups excluding carboxylic acids is 1. The summed E-state index contributed by atoms with van der Waals surface area (Å²) in [5.41, 5.74) is 3.23. The number of nitrogens with one attached hydrogen (secondary N) is 1. The lowest BCUT2D eigenvalue weighted by Crippen LogP contribution is -2.24. The van der Waals surface area contributed by atoms with E-state index >= 15 is 0 Å². The maximum absolute atomic E-state index is 12.5. The SMILES string of the molecule is CCOc1ccccc1NC(=O)[C@H]1Cc2ccc(C)cc2S1. The standard InChI is InChI=1S/C18H19NO2S/c1-3-21-15-7-5-4-6-14(15)19-18(20)17-11-13-9-8-12(2)10-16(13)22-17/h4-10,17H,3,11H2,1-2H3,(H,19,20)/t17-/m1/s1. The van der Waals surface area contributed by atoms with Crippen LogP contribution < -0.4 is 10.1 Å². The molecule has 1 N–H and O–H groups in total. The van der Waals surface area contributed by atoms with Gasteiger partial charge in [0.25, 0.3) is 0 Å². The van der Waals surface area contributed by atoms with Crippen molar-refractivity contribution in [1.29, 1.82) is 0 Å². The molecule has 1 atom stereocenters. The van der Waals surface area contributed by atoms with Gasteiger partial charge < -0.3 is 10.1 Å². The molecule has 3 nitrogen and oxygen atoms in total. The molecule has 22 heavy (non-hydrogen) atoms. The summed E-state index contributed by atoms with van der Waals surface area (Å²) in [6.45, 7) is 4.59. The summed E-state index contributed by atoms with van der Waals surface area (Å²) in [7, 11) is 0. The van der Waals surface area contributed by atoms with Gasteiger partial charge in [0.2, 0.25) is 5.91 Å². The third-order valence-corrected chi connectivity index (χ3v) is 4.93. The fourth-order valence-electron chi connectivity index (χ4n) is 2.55. The van der Waals surface area contributed by atoms with E-state index in [0.29, 0.717) is 6.61 Å². The Kier molecular flexibility index (Phi) is 4.39. The van der Waals surface area contributed by atoms with Crippen molar-refractivity contribution in [3.63, 3.8) is 0 Å². The Morgan fingerprint density at radius 1 is 1.32 bits per heavy atom. The number of hydrogen-bond donors (Lipinski definition) is 1. The van der Waals surface area contributed by atoms with Crippen molar-refractivity contribution in [2.45, 2.75) is 30.4 Å². The van der Waals surface area contributed by atoms with E-state index in [-0.39, 0.29) is 11.2 Å². The first kappa shape index (κ1) is 15.0. The van der Waals surface area contributed by atoms with Crippen LogP contribution in [0.2, 0.25) is 0 Å². The lowest BCUT2D eigenvalue weighted by atomic mass is 10.1. The first-order valence-corrected chi connectivity index (χ1v) is 8.34. The van der Waals surface area contributed by atoms with Crippen molar-refractivity contribution in [3.05, 3.63) is 53.6 Å². The number of thioether (sulfide) groups is 1. The molecule has 0 spiro atoms. The van der Waals surface area contributed by atoms with E-state index in [9.17, 15) is 4.79 Å². The number of hydrogen-bond acceptors (Lipinski definition) is 3. The van der Waals surface area contributed by atoms with Crippen LogP contribution in [0.1, 0.15) is 18.1 Å². The van der Waals surface area contributed by atoms with E-state index in [1.807, 2.05) is 31.2 Å². The predicted molar refractivity (Wildman–Crippen MR) is 90.8 cm³/mol. The van der Waals surface area contributed by atoms with E-state index in [4.69, 9.17) is 4.74 Å². The fraction of sp³-hybridized carbons (Fsp3) is 0.278. The second-order valence-corrected chi connectivity index (χ2v) is 6.58. The van der Waals surface area contributed by atoms with Gasteiger partial charge in [0.1, 0.15) is 5.75 Å². The molecule has 2 aromatic carbocycles. The van der Waals surface area contributed by atoms with E-state index in [1.54, 1.807) is 11.8 Å². The van der Waals surface area contributed by atoms with Gasteiger partial charge in [-0.2, -0.15) is 0 Å². The molecule has 0 unspecified atom stereocenters. The van der Waals surface area contributed by atoms with Crippen LogP contribution >= 0.6 is 11.8 Å². The number of fused-ring (bicyclic) bond motifs is 1. The minimum Gasteiger partial charge on any atom is -0.492 e. The molecular weight excluding hydrogens is 294 g/mol. The van der Waals surface area contributed by atoms with Crippen LogP contribution in [0.15, 0.2) is 47.4 Å². The zero-order valence-corrected chi connectivity index (χ0v) is 13.6. The van der Waals surface area contributed by atoms with Gasteiger partial charge in [-0.15, -0.1) is 11.8 Å². The zero-order chi connectivity index (χ0) is 15.5. The molecule has 0 radical (unpaired) electrons. The molecule has 0 fully saturated rings. The van der Waals surface area contributed by atoms with Crippen LogP contribution in [-0.2, 0) is 11.2 Å². The van der Waals surface area contributed by atoms with Gasteiger partial charge in [0.05, 0.1) is 17.5 Å². The normalized spacial score (nSPS) is 16.2. The largest absolute Gasteiger partial charge is 0.492 e. The highest BCUT2D eigenvalue weighted by Crippen LogP contribution is 2.38. The van der Waals surface area contributed by atoms with Gasteiger partial charge in [-0.1, -0.05) is 29.8 Å². The number of carbonyl (C=O) groups is 1. The number of amides is 1. The molecule has 1 aliphatic heterocycles. The Morgan fingerprint density at radius 2 is 2.14 bits per heavy atom. The Morgan fingerprint density at radius 3 is 2.95 bits per heavy atom. The number of aryl methyl sites for hydroxylation is 1. The lowest BCUT2D eigenvalue weighted by Gasteiger charge is -2.13. The third-order valence-electron chi connectivity index (χ3n) is 3.63. The minimum atomic E-state index is -0.0773. The lowest BCUT2D eigenvalue weighted by molar-refractivity contribution is -0.115. The predicted octanol–water partition coefficient (Wildman–Crippen LogP) is 4.05. The van der Waals surface area contributed by atoms with Crippen molar-refractivity contribution < 1.29 is 9.53 Å². The average molecular weight is 313 g/mol. The Bertz CT molecular complexity index is 699. The van der Waals surface area contributed by atoms with Crippen molar-refractivity contribution in [2.24, 2.45) is 0 Å². The first-order valence-electron chi connectivity index (χ1n) is 7.46. The molecule has 1 aliphatic rings. The van der Waals surface area contributed by atoms with E-state index in [1.165, 1.54) is 16.0 Å². The number of rotatable bonds is 4.